The average Bonchev–Trinajstić information content (AvgIpc) is 2.87. The third-order valence-corrected chi connectivity index (χ3v) is 2.62. The highest BCUT2D eigenvalue weighted by molar-refractivity contribution is 5.40. The number of para-hydroxylation sites is 2. The highest BCUT2D eigenvalue weighted by atomic mass is 16.6. The molecule has 1 aromatic carbocycles. The molecule has 0 bridgehead atoms. The van der Waals surface area contributed by atoms with E-state index in [-0.39, 0.29) is 6.10 Å². The van der Waals surface area contributed by atoms with Gasteiger partial charge in [0.25, 0.3) is 5.89 Å². The molecular formula is C12H13N3O3. The van der Waals surface area contributed by atoms with Crippen molar-refractivity contribution < 1.29 is 13.9 Å². The highest BCUT2D eigenvalue weighted by Crippen LogP contribution is 2.35. The Bertz CT molecular complexity index is 541. The first-order valence-corrected chi connectivity index (χ1v) is 5.77. The number of ether oxygens (including phenoxy) is 2. The summed E-state index contributed by atoms with van der Waals surface area (Å²) in [5.41, 5.74) is 5.43. The molecule has 0 aliphatic carbocycles. The van der Waals surface area contributed by atoms with Gasteiger partial charge in [-0.1, -0.05) is 12.1 Å². The maximum Gasteiger partial charge on any atom is 0.260 e. The number of hydrogen-bond acceptors (Lipinski definition) is 6. The molecule has 1 aliphatic rings. The standard InChI is InChI=1S/C12H13N3O3/c13-6-5-11-14-15-12(18-11)10-7-16-8-3-1-2-4-9(8)17-10/h1-4,10H,5-7,13H2. The van der Waals surface area contributed by atoms with Gasteiger partial charge in [-0.15, -0.1) is 10.2 Å². The van der Waals surface area contributed by atoms with E-state index >= 15 is 0 Å². The quantitative estimate of drug-likeness (QED) is 0.873. The van der Waals surface area contributed by atoms with Crippen LogP contribution >= 0.6 is 0 Å². The fraction of sp³-hybridized carbons (Fsp3) is 0.333. The van der Waals surface area contributed by atoms with Crippen molar-refractivity contribution in [3.63, 3.8) is 0 Å². The van der Waals surface area contributed by atoms with Gasteiger partial charge >= 0.3 is 0 Å². The van der Waals surface area contributed by atoms with Crippen molar-refractivity contribution in [3.05, 3.63) is 36.0 Å². The first kappa shape index (κ1) is 11.0. The van der Waals surface area contributed by atoms with Crippen LogP contribution in [0.25, 0.3) is 0 Å². The SMILES string of the molecule is NCCc1nnc(C2COc3ccccc3O2)o1. The van der Waals surface area contributed by atoms with Gasteiger partial charge in [-0.3, -0.25) is 0 Å². The van der Waals surface area contributed by atoms with Crippen LogP contribution in [0.4, 0.5) is 0 Å². The topological polar surface area (TPSA) is 83.4 Å². The maximum atomic E-state index is 5.76. The first-order valence-electron chi connectivity index (χ1n) is 5.77. The van der Waals surface area contributed by atoms with Crippen LogP contribution in [0.3, 0.4) is 0 Å². The molecule has 0 saturated heterocycles. The number of nitrogens with two attached hydrogens (primary N) is 1. The molecule has 1 unspecified atom stereocenters. The van der Waals surface area contributed by atoms with Crippen LogP contribution in [-0.4, -0.2) is 23.3 Å². The molecule has 0 spiro atoms. The van der Waals surface area contributed by atoms with Gasteiger partial charge in [-0.05, 0) is 12.1 Å². The van der Waals surface area contributed by atoms with Gasteiger partial charge in [0.2, 0.25) is 12.0 Å². The zero-order chi connectivity index (χ0) is 12.4. The molecule has 3 rings (SSSR count). The van der Waals surface area contributed by atoms with Crippen molar-refractivity contribution >= 4 is 0 Å². The molecule has 1 aliphatic heterocycles. The van der Waals surface area contributed by atoms with Crippen molar-refractivity contribution in [2.45, 2.75) is 12.5 Å². The Kier molecular flexibility index (Phi) is 2.85. The van der Waals surface area contributed by atoms with E-state index in [0.717, 1.165) is 5.75 Å². The van der Waals surface area contributed by atoms with Crippen LogP contribution in [0.2, 0.25) is 0 Å². The minimum Gasteiger partial charge on any atom is -0.485 e. The second-order valence-electron chi connectivity index (χ2n) is 3.94. The van der Waals surface area contributed by atoms with E-state index in [9.17, 15) is 0 Å². The lowest BCUT2D eigenvalue weighted by atomic mass is 10.2. The van der Waals surface area contributed by atoms with Crippen LogP contribution in [0.15, 0.2) is 28.7 Å². The Hall–Kier alpha value is -2.08. The molecule has 6 heteroatoms. The summed E-state index contributed by atoms with van der Waals surface area (Å²) < 4.78 is 16.8. The predicted octanol–water partition coefficient (Wildman–Crippen LogP) is 1.08. The molecule has 2 aromatic rings. The molecule has 2 N–H and O–H groups in total. The second kappa shape index (κ2) is 4.66. The monoisotopic (exact) mass is 247 g/mol. The Morgan fingerprint density at radius 2 is 2.06 bits per heavy atom. The molecule has 0 radical (unpaired) electrons. The molecule has 0 fully saturated rings. The molecule has 1 atom stereocenters. The zero-order valence-electron chi connectivity index (χ0n) is 9.70. The van der Waals surface area contributed by atoms with Crippen LogP contribution in [0, 0.1) is 0 Å². The van der Waals surface area contributed by atoms with Crippen LogP contribution in [0.5, 0.6) is 11.5 Å². The molecule has 18 heavy (non-hydrogen) atoms. The van der Waals surface area contributed by atoms with E-state index in [1.807, 2.05) is 24.3 Å². The fourth-order valence-corrected chi connectivity index (χ4v) is 1.76. The Labute approximate surface area is 104 Å². The summed E-state index contributed by atoms with van der Waals surface area (Å²) in [7, 11) is 0. The average molecular weight is 247 g/mol. The third kappa shape index (κ3) is 2.02. The molecule has 0 amide bonds. The van der Waals surface area contributed by atoms with Crippen molar-refractivity contribution in [1.29, 1.82) is 0 Å². The van der Waals surface area contributed by atoms with Gasteiger partial charge in [-0.2, -0.15) is 0 Å². The maximum absolute atomic E-state index is 5.76. The lowest BCUT2D eigenvalue weighted by Gasteiger charge is -2.23. The molecule has 0 saturated carbocycles. The summed E-state index contributed by atoms with van der Waals surface area (Å²) in [4.78, 5) is 0. The Morgan fingerprint density at radius 3 is 2.89 bits per heavy atom. The smallest absolute Gasteiger partial charge is 0.260 e. The van der Waals surface area contributed by atoms with E-state index in [1.165, 1.54) is 0 Å². The van der Waals surface area contributed by atoms with E-state index in [1.54, 1.807) is 0 Å². The van der Waals surface area contributed by atoms with E-state index < -0.39 is 0 Å². The van der Waals surface area contributed by atoms with E-state index in [2.05, 4.69) is 10.2 Å². The highest BCUT2D eigenvalue weighted by Gasteiger charge is 2.26. The van der Waals surface area contributed by atoms with Crippen LogP contribution in [-0.2, 0) is 6.42 Å². The minimum absolute atomic E-state index is 0.362. The van der Waals surface area contributed by atoms with Gasteiger partial charge in [0, 0.05) is 13.0 Å². The molecule has 2 heterocycles. The molecule has 94 valence electrons. The summed E-state index contributed by atoms with van der Waals surface area (Å²) in [6.45, 7) is 0.841. The van der Waals surface area contributed by atoms with E-state index in [4.69, 9.17) is 19.6 Å². The van der Waals surface area contributed by atoms with Gasteiger partial charge in [0.05, 0.1) is 0 Å². The van der Waals surface area contributed by atoms with Gasteiger partial charge in [0.1, 0.15) is 6.61 Å². The largest absolute Gasteiger partial charge is 0.485 e. The van der Waals surface area contributed by atoms with Crippen LogP contribution in [0.1, 0.15) is 17.9 Å². The van der Waals surface area contributed by atoms with E-state index in [0.29, 0.717) is 37.1 Å². The molecule has 6 nitrogen and oxygen atoms in total. The minimum atomic E-state index is -0.362. The number of hydrogen-bond donors (Lipinski definition) is 1. The third-order valence-electron chi connectivity index (χ3n) is 2.62. The van der Waals surface area contributed by atoms with Crippen LogP contribution < -0.4 is 15.2 Å². The lowest BCUT2D eigenvalue weighted by Crippen LogP contribution is -2.21. The zero-order valence-corrected chi connectivity index (χ0v) is 9.70. The normalized spacial score (nSPS) is 17.7. The number of nitrogens with zero attached hydrogens (tertiary/aromatic N) is 2. The van der Waals surface area contributed by atoms with Gasteiger partial charge < -0.3 is 19.6 Å². The fourth-order valence-electron chi connectivity index (χ4n) is 1.76. The Morgan fingerprint density at radius 1 is 1.22 bits per heavy atom. The predicted molar refractivity (Wildman–Crippen MR) is 62.4 cm³/mol. The number of rotatable bonds is 3. The summed E-state index contributed by atoms with van der Waals surface area (Å²) in [6.07, 6.45) is 0.205. The number of benzene rings is 1. The van der Waals surface area contributed by atoms with Crippen molar-refractivity contribution in [3.8, 4) is 11.5 Å². The first-order chi connectivity index (χ1) is 8.86. The molecule has 1 aromatic heterocycles. The summed E-state index contributed by atoms with van der Waals surface area (Å²) in [5.74, 6) is 2.37. The van der Waals surface area contributed by atoms with Crippen molar-refractivity contribution in [2.24, 2.45) is 5.73 Å². The van der Waals surface area contributed by atoms with Gasteiger partial charge in [-0.25, -0.2) is 0 Å². The molecular weight excluding hydrogens is 234 g/mol. The second-order valence-corrected chi connectivity index (χ2v) is 3.94. The van der Waals surface area contributed by atoms with Crippen molar-refractivity contribution in [1.82, 2.24) is 10.2 Å². The number of fused-ring (bicyclic) bond motifs is 1. The summed E-state index contributed by atoms with van der Waals surface area (Å²) in [6, 6.07) is 7.49. The number of aromatic nitrogens is 2. The Balaban J connectivity index is 1.78. The lowest BCUT2D eigenvalue weighted by molar-refractivity contribution is 0.0704. The van der Waals surface area contributed by atoms with Crippen molar-refractivity contribution in [2.75, 3.05) is 13.2 Å². The summed E-state index contributed by atoms with van der Waals surface area (Å²) >= 11 is 0. The summed E-state index contributed by atoms with van der Waals surface area (Å²) in [5, 5.41) is 7.86. The van der Waals surface area contributed by atoms with Gasteiger partial charge in [0.15, 0.2) is 11.5 Å².